The maximum atomic E-state index is 13.3. The van der Waals surface area contributed by atoms with Crippen LogP contribution in [0, 0.1) is 5.92 Å². The molecule has 0 radical (unpaired) electrons. The van der Waals surface area contributed by atoms with E-state index < -0.39 is 6.04 Å². The predicted octanol–water partition coefficient (Wildman–Crippen LogP) is 2.96. The molecular formula is C25H36N4O3. The standard InChI is InChI=1S/C25H36N4O3/c1-2-3-4-13-28(18-8-5-7-17(14-18)15-26)21-10-6-9-19-20(21)16-29(25(19)32)22-11-12-23(30)27-24(22)31/h6,9-10,17-18,22H,2-5,7-8,11-16,26H2,1H3,(H,27,30,31)/t17-,18-,22?/m0/s1. The van der Waals surface area contributed by atoms with Gasteiger partial charge >= 0.3 is 0 Å². The molecule has 3 aliphatic rings. The number of piperidine rings is 1. The van der Waals surface area contributed by atoms with Crippen molar-refractivity contribution in [1.29, 1.82) is 0 Å². The lowest BCUT2D eigenvalue weighted by Gasteiger charge is -2.40. The van der Waals surface area contributed by atoms with Crippen LogP contribution in [0.2, 0.25) is 0 Å². The molecule has 3 amide bonds. The summed E-state index contributed by atoms with van der Waals surface area (Å²) in [7, 11) is 0. The van der Waals surface area contributed by atoms with E-state index in [1.807, 2.05) is 12.1 Å². The van der Waals surface area contributed by atoms with Gasteiger partial charge in [-0.05, 0) is 56.7 Å². The van der Waals surface area contributed by atoms with Gasteiger partial charge in [0.05, 0.1) is 0 Å². The van der Waals surface area contributed by atoms with Gasteiger partial charge in [0.15, 0.2) is 0 Å². The van der Waals surface area contributed by atoms with Crippen LogP contribution in [-0.2, 0) is 16.1 Å². The number of nitrogens with two attached hydrogens (primary N) is 1. The molecule has 7 heteroatoms. The maximum absolute atomic E-state index is 13.3. The maximum Gasteiger partial charge on any atom is 0.255 e. The molecule has 3 atom stereocenters. The van der Waals surface area contributed by atoms with Gasteiger partial charge in [-0.15, -0.1) is 0 Å². The number of carbonyl (C=O) groups excluding carboxylic acids is 3. The zero-order valence-corrected chi connectivity index (χ0v) is 19.1. The third kappa shape index (κ3) is 4.53. The number of benzene rings is 1. The molecule has 1 aromatic rings. The second kappa shape index (κ2) is 10.0. The molecule has 0 spiro atoms. The van der Waals surface area contributed by atoms with Crippen molar-refractivity contribution in [2.45, 2.75) is 83.3 Å². The smallest absolute Gasteiger partial charge is 0.255 e. The Hall–Kier alpha value is -2.41. The fourth-order valence-corrected chi connectivity index (χ4v) is 5.63. The van der Waals surface area contributed by atoms with Crippen molar-refractivity contribution in [3.05, 3.63) is 29.3 Å². The number of hydrogen-bond acceptors (Lipinski definition) is 5. The lowest BCUT2D eigenvalue weighted by molar-refractivity contribution is -0.136. The first-order valence-electron chi connectivity index (χ1n) is 12.3. The first kappa shape index (κ1) is 22.8. The Morgan fingerprint density at radius 2 is 2.00 bits per heavy atom. The van der Waals surface area contributed by atoms with E-state index in [-0.39, 0.29) is 24.1 Å². The quantitative estimate of drug-likeness (QED) is 0.479. The van der Waals surface area contributed by atoms with E-state index in [4.69, 9.17) is 5.73 Å². The van der Waals surface area contributed by atoms with Crippen molar-refractivity contribution in [3.63, 3.8) is 0 Å². The molecule has 32 heavy (non-hydrogen) atoms. The van der Waals surface area contributed by atoms with E-state index in [1.54, 1.807) is 4.90 Å². The minimum Gasteiger partial charge on any atom is -0.368 e. The molecule has 0 bridgehead atoms. The normalized spacial score (nSPS) is 25.6. The summed E-state index contributed by atoms with van der Waals surface area (Å²) < 4.78 is 0. The van der Waals surface area contributed by atoms with Crippen LogP contribution in [-0.4, -0.2) is 47.8 Å². The fraction of sp³-hybridized carbons (Fsp3) is 0.640. The molecular weight excluding hydrogens is 404 g/mol. The molecule has 174 valence electrons. The first-order chi connectivity index (χ1) is 15.5. The van der Waals surface area contributed by atoms with Crippen LogP contribution in [0.1, 0.15) is 80.6 Å². The van der Waals surface area contributed by atoms with Gasteiger partial charge < -0.3 is 15.5 Å². The van der Waals surface area contributed by atoms with Crippen LogP contribution in [0.3, 0.4) is 0 Å². The lowest BCUT2D eigenvalue weighted by atomic mass is 9.84. The summed E-state index contributed by atoms with van der Waals surface area (Å²) in [5.74, 6) is -0.166. The molecule has 7 nitrogen and oxygen atoms in total. The second-order valence-electron chi connectivity index (χ2n) is 9.53. The van der Waals surface area contributed by atoms with Gasteiger partial charge in [0.1, 0.15) is 6.04 Å². The zero-order chi connectivity index (χ0) is 22.7. The third-order valence-corrected chi connectivity index (χ3v) is 7.40. The minimum absolute atomic E-state index is 0.103. The van der Waals surface area contributed by atoms with Crippen LogP contribution in [0.15, 0.2) is 18.2 Å². The number of rotatable bonds is 8. The van der Waals surface area contributed by atoms with Gasteiger partial charge in [-0.25, -0.2) is 0 Å². The molecule has 1 saturated carbocycles. The summed E-state index contributed by atoms with van der Waals surface area (Å²) in [4.78, 5) is 41.5. The molecule has 2 fully saturated rings. The Morgan fingerprint density at radius 1 is 1.16 bits per heavy atom. The second-order valence-corrected chi connectivity index (χ2v) is 9.53. The van der Waals surface area contributed by atoms with Crippen molar-refractivity contribution in [3.8, 4) is 0 Å². The van der Waals surface area contributed by atoms with Gasteiger partial charge in [-0.3, -0.25) is 19.7 Å². The minimum atomic E-state index is -0.578. The Bertz CT molecular complexity index is 871. The van der Waals surface area contributed by atoms with Crippen LogP contribution >= 0.6 is 0 Å². The summed E-state index contributed by atoms with van der Waals surface area (Å²) in [6.45, 7) is 4.34. The molecule has 3 N–H and O–H groups in total. The SMILES string of the molecule is CCCCCN(c1cccc2c1CN(C1CCC(=O)NC1=O)C2=O)[C@H]1CCC[C@H](CN)C1. The fourth-order valence-electron chi connectivity index (χ4n) is 5.63. The molecule has 0 aromatic heterocycles. The molecule has 1 unspecified atom stereocenters. The average Bonchev–Trinajstić information content (AvgIpc) is 3.13. The van der Waals surface area contributed by atoms with Crippen molar-refractivity contribution in [2.75, 3.05) is 18.0 Å². The topological polar surface area (TPSA) is 95.7 Å². The number of nitrogens with zero attached hydrogens (tertiary/aromatic N) is 2. The van der Waals surface area contributed by atoms with E-state index in [1.165, 1.54) is 25.7 Å². The lowest BCUT2D eigenvalue weighted by Crippen LogP contribution is -2.52. The van der Waals surface area contributed by atoms with Crippen molar-refractivity contribution < 1.29 is 14.4 Å². The van der Waals surface area contributed by atoms with Crippen molar-refractivity contribution >= 4 is 23.4 Å². The highest BCUT2D eigenvalue weighted by atomic mass is 16.2. The molecule has 1 aromatic carbocycles. The highest BCUT2D eigenvalue weighted by Crippen LogP contribution is 2.38. The van der Waals surface area contributed by atoms with Crippen LogP contribution in [0.25, 0.3) is 0 Å². The number of anilines is 1. The number of imide groups is 1. The Labute approximate surface area is 190 Å². The zero-order valence-electron chi connectivity index (χ0n) is 19.1. The largest absolute Gasteiger partial charge is 0.368 e. The van der Waals surface area contributed by atoms with Crippen LogP contribution in [0.5, 0.6) is 0 Å². The summed E-state index contributed by atoms with van der Waals surface area (Å²) in [5.41, 5.74) is 8.87. The average molecular weight is 441 g/mol. The van der Waals surface area contributed by atoms with E-state index in [0.29, 0.717) is 30.5 Å². The number of amides is 3. The van der Waals surface area contributed by atoms with Gasteiger partial charge in [0.2, 0.25) is 11.8 Å². The first-order valence-corrected chi connectivity index (χ1v) is 12.3. The summed E-state index contributed by atoms with van der Waals surface area (Å²) in [6.07, 6.45) is 8.76. The number of unbranched alkanes of at least 4 members (excludes halogenated alkanes) is 2. The van der Waals surface area contributed by atoms with Gasteiger partial charge in [0, 0.05) is 42.4 Å². The third-order valence-electron chi connectivity index (χ3n) is 7.40. The molecule has 2 heterocycles. The van der Waals surface area contributed by atoms with Crippen LogP contribution < -0.4 is 16.0 Å². The molecule has 1 aliphatic carbocycles. The van der Waals surface area contributed by atoms with E-state index in [0.717, 1.165) is 43.6 Å². The number of fused-ring (bicyclic) bond motifs is 1. The number of nitrogens with one attached hydrogen (secondary N) is 1. The molecule has 4 rings (SSSR count). The van der Waals surface area contributed by atoms with E-state index >= 15 is 0 Å². The number of carbonyl (C=O) groups is 3. The van der Waals surface area contributed by atoms with Crippen LogP contribution in [0.4, 0.5) is 5.69 Å². The highest BCUT2D eigenvalue weighted by Gasteiger charge is 2.40. The van der Waals surface area contributed by atoms with Crippen molar-refractivity contribution in [2.24, 2.45) is 11.7 Å². The van der Waals surface area contributed by atoms with Crippen molar-refractivity contribution in [1.82, 2.24) is 10.2 Å². The molecule has 1 saturated heterocycles. The van der Waals surface area contributed by atoms with Gasteiger partial charge in [-0.1, -0.05) is 32.3 Å². The van der Waals surface area contributed by atoms with E-state index in [2.05, 4.69) is 23.2 Å². The van der Waals surface area contributed by atoms with Gasteiger partial charge in [0.25, 0.3) is 5.91 Å². The summed E-state index contributed by atoms with van der Waals surface area (Å²) in [5, 5.41) is 2.39. The Morgan fingerprint density at radius 3 is 2.75 bits per heavy atom. The summed E-state index contributed by atoms with van der Waals surface area (Å²) >= 11 is 0. The van der Waals surface area contributed by atoms with E-state index in [9.17, 15) is 14.4 Å². The Balaban J connectivity index is 1.61. The van der Waals surface area contributed by atoms with Gasteiger partial charge in [-0.2, -0.15) is 0 Å². The Kier molecular flexibility index (Phi) is 7.13. The monoisotopic (exact) mass is 440 g/mol. The summed E-state index contributed by atoms with van der Waals surface area (Å²) in [6, 6.07) is 5.83. The predicted molar refractivity (Wildman–Crippen MR) is 124 cm³/mol. The number of hydrogen-bond donors (Lipinski definition) is 2. The molecule has 2 aliphatic heterocycles. The highest BCUT2D eigenvalue weighted by molar-refractivity contribution is 6.06.